The summed E-state index contributed by atoms with van der Waals surface area (Å²) in [5, 5.41) is 15.0. The van der Waals surface area contributed by atoms with E-state index in [9.17, 15) is 4.79 Å². The highest BCUT2D eigenvalue weighted by Crippen LogP contribution is 2.26. The quantitative estimate of drug-likeness (QED) is 0.454. The number of thioether (sulfide) groups is 1. The molecule has 0 aliphatic carbocycles. The minimum absolute atomic E-state index is 0.126. The van der Waals surface area contributed by atoms with Crippen LogP contribution in [-0.4, -0.2) is 26.1 Å². The van der Waals surface area contributed by atoms with Crippen molar-refractivity contribution in [2.24, 2.45) is 0 Å². The number of hydrogen-bond acceptors (Lipinski definition) is 6. The summed E-state index contributed by atoms with van der Waals surface area (Å²) in [6.45, 7) is 4.22. The van der Waals surface area contributed by atoms with Crippen molar-refractivity contribution in [3.05, 3.63) is 89.1 Å². The molecule has 0 unspecified atom stereocenters. The summed E-state index contributed by atoms with van der Waals surface area (Å²) >= 11 is 1.53. The Bertz CT molecular complexity index is 1150. The number of nitrogens with zero attached hydrogens (tertiary/aromatic N) is 4. The molecule has 2 aromatic heterocycles. The van der Waals surface area contributed by atoms with Gasteiger partial charge in [-0.25, -0.2) is 0 Å². The molecule has 0 fully saturated rings. The Morgan fingerprint density at radius 2 is 1.87 bits per heavy atom. The van der Waals surface area contributed by atoms with Crippen LogP contribution >= 0.6 is 11.8 Å². The maximum atomic E-state index is 12.8. The highest BCUT2D eigenvalue weighted by Gasteiger charge is 2.15. The molecule has 0 aliphatic heterocycles. The molecule has 2 aromatic carbocycles. The van der Waals surface area contributed by atoms with E-state index in [1.165, 1.54) is 11.8 Å². The molecule has 30 heavy (non-hydrogen) atoms. The van der Waals surface area contributed by atoms with Crippen LogP contribution in [0.4, 0.5) is 0 Å². The Morgan fingerprint density at radius 1 is 1.10 bits per heavy atom. The van der Waals surface area contributed by atoms with Crippen molar-refractivity contribution in [2.75, 3.05) is 0 Å². The number of para-hydroxylation sites is 1. The summed E-state index contributed by atoms with van der Waals surface area (Å²) in [5.74, 6) is 2.78. The molecule has 4 aromatic rings. The fourth-order valence-corrected chi connectivity index (χ4v) is 4.07. The molecule has 152 valence electrons. The summed E-state index contributed by atoms with van der Waals surface area (Å²) in [7, 11) is 0. The number of carbonyl (C=O) groups excluding carboxylic acids is 1. The van der Waals surface area contributed by atoms with Gasteiger partial charge in [-0.3, -0.25) is 4.79 Å². The maximum Gasteiger partial charge on any atom is 0.252 e. The lowest BCUT2D eigenvalue weighted by atomic mass is 10.2. The van der Waals surface area contributed by atoms with Crippen LogP contribution in [0.1, 0.15) is 33.3 Å². The van der Waals surface area contributed by atoms with Gasteiger partial charge in [-0.05, 0) is 54.6 Å². The minimum Gasteiger partial charge on any atom is -0.466 e. The van der Waals surface area contributed by atoms with Crippen molar-refractivity contribution >= 4 is 17.7 Å². The lowest BCUT2D eigenvalue weighted by Crippen LogP contribution is -2.23. The fourth-order valence-electron chi connectivity index (χ4n) is 3.12. The van der Waals surface area contributed by atoms with Crippen molar-refractivity contribution in [1.29, 1.82) is 0 Å². The van der Waals surface area contributed by atoms with E-state index in [0.29, 0.717) is 23.7 Å². The van der Waals surface area contributed by atoms with Crippen molar-refractivity contribution < 1.29 is 9.21 Å². The standard InChI is InChI=1S/C22H21N5O2S/c1-15-12-17(16(2)29-15)13-23-22(28)19-10-6-7-11-20(19)30-14-21-24-25-26-27(21)18-8-4-3-5-9-18/h3-12H,13-14H2,1-2H3,(H,23,28). The van der Waals surface area contributed by atoms with Crippen molar-refractivity contribution in [3.8, 4) is 5.69 Å². The van der Waals surface area contributed by atoms with E-state index in [0.717, 1.165) is 27.7 Å². The number of nitrogens with one attached hydrogen (secondary N) is 1. The van der Waals surface area contributed by atoms with E-state index in [2.05, 4.69) is 20.8 Å². The maximum absolute atomic E-state index is 12.8. The van der Waals surface area contributed by atoms with Gasteiger partial charge in [-0.1, -0.05) is 30.3 Å². The average Bonchev–Trinajstić information content (AvgIpc) is 3.36. The highest BCUT2D eigenvalue weighted by atomic mass is 32.2. The molecule has 0 atom stereocenters. The van der Waals surface area contributed by atoms with Crippen LogP contribution in [0.15, 0.2) is 70.0 Å². The van der Waals surface area contributed by atoms with Gasteiger partial charge >= 0.3 is 0 Å². The third-order valence-corrected chi connectivity index (χ3v) is 5.68. The van der Waals surface area contributed by atoms with Gasteiger partial charge in [0.15, 0.2) is 5.82 Å². The van der Waals surface area contributed by atoms with Gasteiger partial charge in [0.25, 0.3) is 5.91 Å². The molecule has 8 heteroatoms. The molecule has 4 rings (SSSR count). The van der Waals surface area contributed by atoms with Crippen LogP contribution in [0.25, 0.3) is 5.69 Å². The number of furan rings is 1. The van der Waals surface area contributed by atoms with Gasteiger partial charge in [-0.2, -0.15) is 4.68 Å². The first-order valence-electron chi connectivity index (χ1n) is 9.50. The number of benzene rings is 2. The summed E-state index contributed by atoms with van der Waals surface area (Å²) in [6, 6.07) is 19.2. The van der Waals surface area contributed by atoms with Crippen molar-refractivity contribution in [2.45, 2.75) is 31.0 Å². The van der Waals surface area contributed by atoms with Crippen LogP contribution < -0.4 is 5.32 Å². The molecule has 0 radical (unpaired) electrons. The second kappa shape index (κ2) is 8.96. The Balaban J connectivity index is 1.46. The number of rotatable bonds is 7. The van der Waals surface area contributed by atoms with Gasteiger partial charge in [-0.15, -0.1) is 16.9 Å². The molecule has 7 nitrogen and oxygen atoms in total. The van der Waals surface area contributed by atoms with Crippen molar-refractivity contribution in [3.63, 3.8) is 0 Å². The van der Waals surface area contributed by atoms with E-state index in [4.69, 9.17) is 4.42 Å². The fraction of sp³-hybridized carbons (Fsp3) is 0.182. The van der Waals surface area contributed by atoms with Crippen LogP contribution in [0, 0.1) is 13.8 Å². The third kappa shape index (κ3) is 4.44. The number of amides is 1. The molecular formula is C22H21N5O2S. The molecule has 2 heterocycles. The average molecular weight is 420 g/mol. The molecule has 0 bridgehead atoms. The third-order valence-electron chi connectivity index (χ3n) is 4.61. The SMILES string of the molecule is Cc1cc(CNC(=O)c2ccccc2SCc2nnnn2-c2ccccc2)c(C)o1. The smallest absolute Gasteiger partial charge is 0.252 e. The van der Waals surface area contributed by atoms with Crippen LogP contribution in [-0.2, 0) is 12.3 Å². The zero-order valence-electron chi connectivity index (χ0n) is 16.7. The molecule has 0 saturated carbocycles. The predicted molar refractivity (Wildman–Crippen MR) is 115 cm³/mol. The molecule has 1 amide bonds. The number of hydrogen-bond donors (Lipinski definition) is 1. The lowest BCUT2D eigenvalue weighted by Gasteiger charge is -2.10. The summed E-state index contributed by atoms with van der Waals surface area (Å²) in [4.78, 5) is 13.7. The Morgan fingerprint density at radius 3 is 2.63 bits per heavy atom. The largest absolute Gasteiger partial charge is 0.466 e. The lowest BCUT2D eigenvalue weighted by molar-refractivity contribution is 0.0948. The zero-order valence-corrected chi connectivity index (χ0v) is 17.5. The second-order valence-corrected chi connectivity index (χ2v) is 7.77. The summed E-state index contributed by atoms with van der Waals surface area (Å²) < 4.78 is 7.24. The highest BCUT2D eigenvalue weighted by molar-refractivity contribution is 7.98. The topological polar surface area (TPSA) is 85.8 Å². The normalized spacial score (nSPS) is 10.9. The summed E-state index contributed by atoms with van der Waals surface area (Å²) in [6.07, 6.45) is 0. The Kier molecular flexibility index (Phi) is 5.94. The first-order valence-corrected chi connectivity index (χ1v) is 10.5. The predicted octanol–water partition coefficient (Wildman–Crippen LogP) is 4.09. The van der Waals surface area contributed by atoms with Gasteiger partial charge in [0, 0.05) is 17.0 Å². The van der Waals surface area contributed by atoms with Gasteiger partial charge in [0.2, 0.25) is 0 Å². The number of aryl methyl sites for hydroxylation is 2. The van der Waals surface area contributed by atoms with E-state index in [1.807, 2.05) is 74.5 Å². The Labute approximate surface area is 178 Å². The molecule has 1 N–H and O–H groups in total. The first kappa shape index (κ1) is 19.9. The molecule has 0 saturated heterocycles. The minimum atomic E-state index is -0.126. The molecule has 0 aliphatic rings. The Hall–Kier alpha value is -3.39. The van der Waals surface area contributed by atoms with Gasteiger partial charge in [0.05, 0.1) is 17.0 Å². The van der Waals surface area contributed by atoms with Crippen LogP contribution in [0.3, 0.4) is 0 Å². The van der Waals surface area contributed by atoms with Crippen LogP contribution in [0.5, 0.6) is 0 Å². The van der Waals surface area contributed by atoms with Crippen molar-refractivity contribution in [1.82, 2.24) is 25.5 Å². The first-order chi connectivity index (χ1) is 14.6. The van der Waals surface area contributed by atoms with Gasteiger partial charge in [0.1, 0.15) is 11.5 Å². The van der Waals surface area contributed by atoms with E-state index >= 15 is 0 Å². The van der Waals surface area contributed by atoms with E-state index in [1.54, 1.807) is 4.68 Å². The number of carbonyl (C=O) groups is 1. The number of tetrazole rings is 1. The second-order valence-electron chi connectivity index (χ2n) is 6.75. The zero-order chi connectivity index (χ0) is 20.9. The van der Waals surface area contributed by atoms with E-state index < -0.39 is 0 Å². The van der Waals surface area contributed by atoms with E-state index in [-0.39, 0.29) is 5.91 Å². The molecular weight excluding hydrogens is 398 g/mol. The van der Waals surface area contributed by atoms with Crippen LogP contribution in [0.2, 0.25) is 0 Å². The summed E-state index contributed by atoms with van der Waals surface area (Å²) in [5.41, 5.74) is 2.50. The van der Waals surface area contributed by atoms with Gasteiger partial charge < -0.3 is 9.73 Å². The monoisotopic (exact) mass is 419 g/mol. The molecule has 0 spiro atoms. The number of aromatic nitrogens is 4.